The quantitative estimate of drug-likeness (QED) is 0.696. The second-order valence-corrected chi connectivity index (χ2v) is 8.38. The topological polar surface area (TPSA) is 89.9 Å². The normalized spacial score (nSPS) is 22.0. The van der Waals surface area contributed by atoms with Crippen molar-refractivity contribution >= 4 is 29.1 Å². The van der Waals surface area contributed by atoms with Crippen LogP contribution >= 0.6 is 11.3 Å². The molecule has 2 aliphatic rings. The number of Topliss-reactive ketones (excluding diaryl/α,β-unsaturated/α-hetero) is 1. The lowest BCUT2D eigenvalue weighted by atomic mass is 9.84. The number of rotatable bonds is 7. The number of cyclic esters (lactones) is 2. The number of aryl methyl sites for hydroxylation is 1. The van der Waals surface area contributed by atoms with Crippen LogP contribution in [0.4, 0.5) is 0 Å². The Kier molecular flexibility index (Phi) is 6.03. The van der Waals surface area contributed by atoms with Crippen molar-refractivity contribution in [1.82, 2.24) is 0 Å². The Labute approximate surface area is 167 Å². The van der Waals surface area contributed by atoms with Crippen molar-refractivity contribution in [3.63, 3.8) is 0 Å². The summed E-state index contributed by atoms with van der Waals surface area (Å²) >= 11 is 1.53. The molecule has 150 valence electrons. The van der Waals surface area contributed by atoms with E-state index >= 15 is 0 Å². The highest BCUT2D eigenvalue weighted by Crippen LogP contribution is 2.38. The van der Waals surface area contributed by atoms with E-state index in [1.54, 1.807) is 6.08 Å². The fourth-order valence-electron chi connectivity index (χ4n) is 3.71. The van der Waals surface area contributed by atoms with Gasteiger partial charge in [0.15, 0.2) is 11.9 Å². The zero-order valence-corrected chi connectivity index (χ0v) is 17.0. The molecule has 3 rings (SSSR count). The average Bonchev–Trinajstić information content (AvgIpc) is 3.28. The molecule has 28 heavy (non-hydrogen) atoms. The van der Waals surface area contributed by atoms with Crippen molar-refractivity contribution in [1.29, 1.82) is 0 Å². The molecule has 3 heterocycles. The van der Waals surface area contributed by atoms with E-state index in [9.17, 15) is 19.5 Å². The molecule has 0 aromatic carbocycles. The van der Waals surface area contributed by atoms with Gasteiger partial charge in [-0.3, -0.25) is 4.79 Å². The zero-order chi connectivity index (χ0) is 20.4. The van der Waals surface area contributed by atoms with Crippen molar-refractivity contribution in [2.24, 2.45) is 5.92 Å². The molecule has 6 nitrogen and oxygen atoms in total. The SMILES string of the molecule is CCC(C1=C(O)C(=O)C(C(CC)CC2=CCOC2=O)OC1=O)c1ccc(C)s1. The van der Waals surface area contributed by atoms with Crippen molar-refractivity contribution in [2.45, 2.75) is 52.1 Å². The van der Waals surface area contributed by atoms with E-state index in [1.165, 1.54) is 11.3 Å². The second kappa shape index (κ2) is 8.31. The number of thiophene rings is 1. The van der Waals surface area contributed by atoms with Gasteiger partial charge < -0.3 is 14.6 Å². The third kappa shape index (κ3) is 3.76. The standard InChI is InChI=1S/C21H24O6S/c1-4-12(10-13-8-9-26-20(13)24)19-18(23)17(22)16(21(25)27-19)14(5-2)15-7-6-11(3)28-15/h6-8,12,14,19,22H,4-5,9-10H2,1-3H3. The van der Waals surface area contributed by atoms with Gasteiger partial charge in [0.1, 0.15) is 6.61 Å². The molecule has 0 amide bonds. The maximum Gasteiger partial charge on any atom is 0.339 e. The monoisotopic (exact) mass is 404 g/mol. The fraction of sp³-hybridized carbons (Fsp3) is 0.476. The Bertz CT molecular complexity index is 862. The second-order valence-electron chi connectivity index (χ2n) is 7.06. The van der Waals surface area contributed by atoms with Crippen molar-refractivity contribution < 1.29 is 29.0 Å². The van der Waals surface area contributed by atoms with Crippen LogP contribution in [-0.4, -0.2) is 35.5 Å². The Morgan fingerprint density at radius 3 is 2.46 bits per heavy atom. The summed E-state index contributed by atoms with van der Waals surface area (Å²) in [6, 6.07) is 3.85. The van der Waals surface area contributed by atoms with Crippen LogP contribution < -0.4 is 0 Å². The third-order valence-electron chi connectivity index (χ3n) is 5.30. The number of esters is 2. The predicted molar refractivity (Wildman–Crippen MR) is 104 cm³/mol. The van der Waals surface area contributed by atoms with E-state index in [-0.39, 0.29) is 24.5 Å². The van der Waals surface area contributed by atoms with Crippen molar-refractivity contribution in [2.75, 3.05) is 6.61 Å². The van der Waals surface area contributed by atoms with E-state index in [0.29, 0.717) is 18.4 Å². The van der Waals surface area contributed by atoms with Crippen molar-refractivity contribution in [3.8, 4) is 0 Å². The smallest absolute Gasteiger partial charge is 0.339 e. The lowest BCUT2D eigenvalue weighted by Crippen LogP contribution is -2.42. The first-order valence-corrected chi connectivity index (χ1v) is 10.3. The van der Waals surface area contributed by atoms with Gasteiger partial charge in [-0.2, -0.15) is 0 Å². The Hall–Kier alpha value is -2.41. The first-order chi connectivity index (χ1) is 13.4. The van der Waals surface area contributed by atoms with E-state index in [0.717, 1.165) is 9.75 Å². The largest absolute Gasteiger partial charge is 0.504 e. The van der Waals surface area contributed by atoms with Gasteiger partial charge in [-0.1, -0.05) is 13.8 Å². The minimum Gasteiger partial charge on any atom is -0.504 e. The highest BCUT2D eigenvalue weighted by atomic mass is 32.1. The average molecular weight is 404 g/mol. The maximum atomic E-state index is 12.9. The van der Waals surface area contributed by atoms with E-state index in [4.69, 9.17) is 9.47 Å². The highest BCUT2D eigenvalue weighted by molar-refractivity contribution is 7.12. The van der Waals surface area contributed by atoms with Gasteiger partial charge in [-0.15, -0.1) is 11.3 Å². The Balaban J connectivity index is 1.88. The molecule has 2 aliphatic heterocycles. The first-order valence-electron chi connectivity index (χ1n) is 9.48. The molecular weight excluding hydrogens is 380 g/mol. The Morgan fingerprint density at radius 1 is 1.18 bits per heavy atom. The summed E-state index contributed by atoms with van der Waals surface area (Å²) in [5.74, 6) is -2.97. The minimum absolute atomic E-state index is 0.0277. The first kappa shape index (κ1) is 20.3. The summed E-state index contributed by atoms with van der Waals surface area (Å²) in [6.07, 6.45) is 1.91. The molecular formula is C21H24O6S. The van der Waals surface area contributed by atoms with Gasteiger partial charge in [-0.25, -0.2) is 9.59 Å². The molecule has 7 heteroatoms. The Morgan fingerprint density at radius 2 is 1.93 bits per heavy atom. The number of carbonyl (C=O) groups is 3. The molecule has 0 fully saturated rings. The van der Waals surface area contributed by atoms with Crippen molar-refractivity contribution in [3.05, 3.63) is 44.9 Å². The molecule has 1 aromatic heterocycles. The molecule has 3 atom stereocenters. The molecule has 0 radical (unpaired) electrons. The van der Waals surface area contributed by atoms with Gasteiger partial charge in [0.05, 0.1) is 5.57 Å². The van der Waals surface area contributed by atoms with Gasteiger partial charge in [0.25, 0.3) is 0 Å². The van der Waals surface area contributed by atoms with Crippen LogP contribution in [0.5, 0.6) is 0 Å². The van der Waals surface area contributed by atoms with Crippen LogP contribution in [0.3, 0.4) is 0 Å². The molecule has 0 aliphatic carbocycles. The summed E-state index contributed by atoms with van der Waals surface area (Å²) in [5, 5.41) is 10.6. The number of hydrogen-bond acceptors (Lipinski definition) is 7. The maximum absolute atomic E-state index is 12.9. The minimum atomic E-state index is -1.10. The molecule has 0 saturated heterocycles. The molecule has 3 unspecified atom stereocenters. The molecule has 1 N–H and O–H groups in total. The van der Waals surface area contributed by atoms with Crippen LogP contribution in [0.2, 0.25) is 0 Å². The zero-order valence-electron chi connectivity index (χ0n) is 16.2. The highest BCUT2D eigenvalue weighted by Gasteiger charge is 2.43. The van der Waals surface area contributed by atoms with Crippen LogP contribution in [0.1, 0.15) is 48.8 Å². The van der Waals surface area contributed by atoms with E-state index in [1.807, 2.05) is 32.9 Å². The number of ketones is 1. The lowest BCUT2D eigenvalue weighted by Gasteiger charge is -2.31. The van der Waals surface area contributed by atoms with Crippen LogP contribution in [0.25, 0.3) is 0 Å². The van der Waals surface area contributed by atoms with E-state index in [2.05, 4.69) is 0 Å². The fourth-order valence-corrected chi connectivity index (χ4v) is 4.78. The third-order valence-corrected chi connectivity index (χ3v) is 6.42. The van der Waals surface area contributed by atoms with Crippen LogP contribution in [-0.2, 0) is 23.9 Å². The van der Waals surface area contributed by atoms with Gasteiger partial charge in [0.2, 0.25) is 5.78 Å². The number of hydrogen-bond donors (Lipinski definition) is 1. The van der Waals surface area contributed by atoms with Crippen LogP contribution in [0, 0.1) is 12.8 Å². The summed E-state index contributed by atoms with van der Waals surface area (Å²) in [7, 11) is 0. The summed E-state index contributed by atoms with van der Waals surface area (Å²) in [4.78, 5) is 39.4. The van der Waals surface area contributed by atoms with Gasteiger partial charge in [-0.05, 0) is 44.4 Å². The molecule has 0 spiro atoms. The van der Waals surface area contributed by atoms with E-state index < -0.39 is 35.5 Å². The lowest BCUT2D eigenvalue weighted by molar-refractivity contribution is -0.158. The van der Waals surface area contributed by atoms with Gasteiger partial charge in [0, 0.05) is 27.2 Å². The molecule has 0 bridgehead atoms. The van der Waals surface area contributed by atoms with Gasteiger partial charge >= 0.3 is 11.9 Å². The summed E-state index contributed by atoms with van der Waals surface area (Å²) < 4.78 is 10.4. The molecule has 0 saturated carbocycles. The summed E-state index contributed by atoms with van der Waals surface area (Å²) in [5.41, 5.74) is 0.505. The number of aliphatic hydroxyl groups excluding tert-OH is 1. The molecule has 1 aromatic rings. The number of aliphatic hydroxyl groups is 1. The number of carbonyl (C=O) groups excluding carboxylic acids is 3. The summed E-state index contributed by atoms with van der Waals surface area (Å²) in [6.45, 7) is 5.93. The predicted octanol–water partition coefficient (Wildman–Crippen LogP) is 3.76. The van der Waals surface area contributed by atoms with Crippen LogP contribution in [0.15, 0.2) is 35.1 Å². The number of ether oxygens (including phenoxy) is 2.